The van der Waals surface area contributed by atoms with Gasteiger partial charge in [0.1, 0.15) is 17.5 Å². The molecule has 1 aliphatic rings. The van der Waals surface area contributed by atoms with E-state index in [4.69, 9.17) is 15.2 Å². The molecular formula is C9H9BrN2O4. The lowest BCUT2D eigenvalue weighted by molar-refractivity contribution is -0.384. The number of nitro benzene ring substituents is 1. The fourth-order valence-corrected chi connectivity index (χ4v) is 1.69. The van der Waals surface area contributed by atoms with Crippen LogP contribution in [0.15, 0.2) is 16.6 Å². The molecule has 1 aromatic carbocycles. The Bertz CT molecular complexity index is 434. The quantitative estimate of drug-likeness (QED) is 0.520. The van der Waals surface area contributed by atoms with Gasteiger partial charge in [0.2, 0.25) is 0 Å². The van der Waals surface area contributed by atoms with Crippen molar-refractivity contribution >= 4 is 27.3 Å². The largest absolute Gasteiger partial charge is 0.484 e. The van der Waals surface area contributed by atoms with Gasteiger partial charge in [0, 0.05) is 12.1 Å². The highest BCUT2D eigenvalue weighted by Gasteiger charge is 2.23. The molecule has 0 radical (unpaired) electrons. The van der Waals surface area contributed by atoms with E-state index in [1.54, 1.807) is 0 Å². The zero-order valence-electron chi connectivity index (χ0n) is 8.18. The Morgan fingerprint density at radius 1 is 1.56 bits per heavy atom. The third-order valence-electron chi connectivity index (χ3n) is 2.18. The lowest BCUT2D eigenvalue weighted by Gasteiger charge is -2.27. The first kappa shape index (κ1) is 11.2. The molecule has 0 amide bonds. The van der Waals surface area contributed by atoms with Crippen LogP contribution >= 0.6 is 15.9 Å². The van der Waals surface area contributed by atoms with Crippen molar-refractivity contribution in [1.82, 2.24) is 0 Å². The molecule has 6 nitrogen and oxygen atoms in total. The number of benzene rings is 1. The van der Waals surface area contributed by atoms with Crippen LogP contribution in [0.25, 0.3) is 0 Å². The summed E-state index contributed by atoms with van der Waals surface area (Å²) in [7, 11) is 0. The molecule has 86 valence electrons. The number of nitrogens with zero attached hydrogens (tertiary/aromatic N) is 1. The van der Waals surface area contributed by atoms with Crippen molar-refractivity contribution in [1.29, 1.82) is 0 Å². The number of nitrogen functional groups attached to an aromatic ring is 1. The lowest BCUT2D eigenvalue weighted by Crippen LogP contribution is -2.38. The Hall–Kier alpha value is -1.34. The predicted octanol–water partition coefficient (Wildman–Crippen LogP) is 1.72. The van der Waals surface area contributed by atoms with Crippen molar-refractivity contribution in [3.63, 3.8) is 0 Å². The van der Waals surface area contributed by atoms with Crippen LogP contribution in [0.4, 0.5) is 11.4 Å². The molecule has 0 unspecified atom stereocenters. The van der Waals surface area contributed by atoms with E-state index in [1.165, 1.54) is 12.1 Å². The molecule has 0 bridgehead atoms. The number of rotatable bonds is 3. The monoisotopic (exact) mass is 288 g/mol. The maximum atomic E-state index is 10.6. The second-order valence-electron chi connectivity index (χ2n) is 3.38. The Morgan fingerprint density at radius 2 is 2.25 bits per heavy atom. The summed E-state index contributed by atoms with van der Waals surface area (Å²) in [6.07, 6.45) is -0.00263. The van der Waals surface area contributed by atoms with Gasteiger partial charge in [-0.15, -0.1) is 0 Å². The van der Waals surface area contributed by atoms with Crippen molar-refractivity contribution in [2.24, 2.45) is 0 Å². The van der Waals surface area contributed by atoms with Crippen LogP contribution in [0, 0.1) is 10.1 Å². The van der Waals surface area contributed by atoms with Gasteiger partial charge in [0.25, 0.3) is 5.69 Å². The standard InChI is InChI=1S/C9H9BrN2O4/c10-6-1-8(12(13)14)7(11)2-9(6)16-5-3-15-4-5/h1-2,5H,3-4,11H2. The fraction of sp³-hybridized carbons (Fsp3) is 0.333. The molecular weight excluding hydrogens is 280 g/mol. The number of nitrogens with two attached hydrogens (primary N) is 1. The van der Waals surface area contributed by atoms with E-state index in [0.29, 0.717) is 23.4 Å². The number of halogens is 1. The minimum atomic E-state index is -0.531. The number of nitro groups is 1. The molecule has 0 spiro atoms. The third-order valence-corrected chi connectivity index (χ3v) is 2.80. The van der Waals surface area contributed by atoms with E-state index in [2.05, 4.69) is 15.9 Å². The van der Waals surface area contributed by atoms with Gasteiger partial charge in [-0.3, -0.25) is 10.1 Å². The van der Waals surface area contributed by atoms with Crippen molar-refractivity contribution in [3.8, 4) is 5.75 Å². The van der Waals surface area contributed by atoms with Crippen LogP contribution < -0.4 is 10.5 Å². The van der Waals surface area contributed by atoms with Crippen molar-refractivity contribution in [2.75, 3.05) is 18.9 Å². The minimum Gasteiger partial charge on any atom is -0.484 e. The smallest absolute Gasteiger partial charge is 0.293 e. The highest BCUT2D eigenvalue weighted by Crippen LogP contribution is 2.35. The minimum absolute atomic E-state index is 0.00263. The Labute approximate surface area is 99.6 Å². The summed E-state index contributed by atoms with van der Waals surface area (Å²) in [5, 5.41) is 10.6. The molecule has 1 fully saturated rings. The van der Waals surface area contributed by atoms with Gasteiger partial charge in [0.05, 0.1) is 22.6 Å². The van der Waals surface area contributed by atoms with E-state index in [1.807, 2.05) is 0 Å². The zero-order chi connectivity index (χ0) is 11.7. The molecule has 1 aliphatic heterocycles. The molecule has 0 atom stereocenters. The topological polar surface area (TPSA) is 87.6 Å². The van der Waals surface area contributed by atoms with Gasteiger partial charge < -0.3 is 15.2 Å². The Morgan fingerprint density at radius 3 is 2.75 bits per heavy atom. The summed E-state index contributed by atoms with van der Waals surface area (Å²) in [6.45, 7) is 1.06. The van der Waals surface area contributed by atoms with Crippen LogP contribution in [0.5, 0.6) is 5.75 Å². The fourth-order valence-electron chi connectivity index (χ4n) is 1.27. The number of hydrogen-bond donors (Lipinski definition) is 1. The average molecular weight is 289 g/mol. The van der Waals surface area contributed by atoms with E-state index < -0.39 is 4.92 Å². The van der Waals surface area contributed by atoms with E-state index >= 15 is 0 Å². The van der Waals surface area contributed by atoms with Crippen LogP contribution in [0.1, 0.15) is 0 Å². The van der Waals surface area contributed by atoms with Crippen LogP contribution in [0.3, 0.4) is 0 Å². The van der Waals surface area contributed by atoms with Crippen molar-refractivity contribution in [3.05, 3.63) is 26.7 Å². The second-order valence-corrected chi connectivity index (χ2v) is 4.23. The van der Waals surface area contributed by atoms with E-state index in [0.717, 1.165) is 0 Å². The summed E-state index contributed by atoms with van der Waals surface area (Å²) >= 11 is 3.21. The molecule has 2 N–H and O–H groups in total. The number of anilines is 1. The van der Waals surface area contributed by atoms with Gasteiger partial charge in [-0.1, -0.05) is 0 Å². The molecule has 0 aliphatic carbocycles. The first-order valence-electron chi connectivity index (χ1n) is 4.55. The first-order valence-corrected chi connectivity index (χ1v) is 5.35. The summed E-state index contributed by atoms with van der Waals surface area (Å²) in [5.74, 6) is 0.497. The van der Waals surface area contributed by atoms with E-state index in [-0.39, 0.29) is 17.5 Å². The highest BCUT2D eigenvalue weighted by molar-refractivity contribution is 9.10. The molecule has 0 aromatic heterocycles. The normalized spacial score (nSPS) is 15.6. The second kappa shape index (κ2) is 4.26. The highest BCUT2D eigenvalue weighted by atomic mass is 79.9. The number of ether oxygens (including phenoxy) is 2. The SMILES string of the molecule is Nc1cc(OC2COC2)c(Br)cc1[N+](=O)[O-]. The van der Waals surface area contributed by atoms with E-state index in [9.17, 15) is 10.1 Å². The van der Waals surface area contributed by atoms with Gasteiger partial charge in [-0.25, -0.2) is 0 Å². The lowest BCUT2D eigenvalue weighted by atomic mass is 10.2. The predicted molar refractivity (Wildman–Crippen MR) is 60.4 cm³/mol. The van der Waals surface area contributed by atoms with Crippen molar-refractivity contribution in [2.45, 2.75) is 6.10 Å². The molecule has 1 saturated heterocycles. The van der Waals surface area contributed by atoms with Gasteiger partial charge in [-0.2, -0.15) is 0 Å². The Kier molecular flexibility index (Phi) is 2.97. The Balaban J connectivity index is 2.25. The molecule has 0 saturated carbocycles. The van der Waals surface area contributed by atoms with Crippen LogP contribution in [-0.2, 0) is 4.74 Å². The van der Waals surface area contributed by atoms with Gasteiger partial charge in [-0.05, 0) is 15.9 Å². The third kappa shape index (κ3) is 2.10. The molecule has 7 heteroatoms. The maximum absolute atomic E-state index is 10.6. The number of hydrogen-bond acceptors (Lipinski definition) is 5. The summed E-state index contributed by atoms with van der Waals surface area (Å²) in [6, 6.07) is 2.78. The van der Waals surface area contributed by atoms with Crippen molar-refractivity contribution < 1.29 is 14.4 Å². The first-order chi connectivity index (χ1) is 7.58. The summed E-state index contributed by atoms with van der Waals surface area (Å²) in [5.41, 5.74) is 5.50. The molecule has 16 heavy (non-hydrogen) atoms. The molecule has 1 aromatic rings. The molecule has 2 rings (SSSR count). The zero-order valence-corrected chi connectivity index (χ0v) is 9.77. The molecule has 1 heterocycles. The average Bonchev–Trinajstić information content (AvgIpc) is 2.15. The maximum Gasteiger partial charge on any atom is 0.293 e. The summed E-state index contributed by atoms with van der Waals surface area (Å²) < 4.78 is 11.0. The summed E-state index contributed by atoms with van der Waals surface area (Å²) in [4.78, 5) is 10.1. The van der Waals surface area contributed by atoms with Crippen LogP contribution in [-0.4, -0.2) is 24.2 Å². The van der Waals surface area contributed by atoms with Gasteiger partial charge in [0.15, 0.2) is 0 Å². The van der Waals surface area contributed by atoms with Crippen LogP contribution in [0.2, 0.25) is 0 Å². The van der Waals surface area contributed by atoms with Gasteiger partial charge >= 0.3 is 0 Å².